The number of halogens is 1. The maximum Gasteiger partial charge on any atom is 0.239 e. The molecule has 0 saturated carbocycles. The van der Waals surface area contributed by atoms with Gasteiger partial charge < -0.3 is 15.4 Å². The lowest BCUT2D eigenvalue weighted by Gasteiger charge is -2.14. The molecule has 2 aromatic rings. The van der Waals surface area contributed by atoms with E-state index in [0.717, 1.165) is 11.8 Å². The van der Waals surface area contributed by atoms with Crippen LogP contribution in [0.3, 0.4) is 0 Å². The molecule has 0 fully saturated rings. The second kappa shape index (κ2) is 8.22. The van der Waals surface area contributed by atoms with E-state index in [1.165, 1.54) is 13.2 Å². The second-order valence-corrected chi connectivity index (χ2v) is 7.72. The lowest BCUT2D eigenvalue weighted by atomic mass is 10.2. The van der Waals surface area contributed by atoms with E-state index in [1.54, 1.807) is 18.2 Å². The fourth-order valence-corrected chi connectivity index (χ4v) is 3.29. The van der Waals surface area contributed by atoms with Gasteiger partial charge in [-0.15, -0.1) is 0 Å². The van der Waals surface area contributed by atoms with Gasteiger partial charge in [0.2, 0.25) is 5.91 Å². The van der Waals surface area contributed by atoms with Gasteiger partial charge in [-0.3, -0.25) is 4.79 Å². The van der Waals surface area contributed by atoms with Crippen LogP contribution in [0, 0.1) is 0 Å². The molecule has 0 atom stereocenters. The van der Waals surface area contributed by atoms with Gasteiger partial charge in [0.05, 0.1) is 19.3 Å². The number of carbonyl (C=O) groups excluding carboxylic acids is 1. The van der Waals surface area contributed by atoms with Crippen molar-refractivity contribution >= 4 is 33.0 Å². The first-order valence-corrected chi connectivity index (χ1v) is 9.71. The number of ether oxygens (including phenoxy) is 1. The summed E-state index contributed by atoms with van der Waals surface area (Å²) in [5.74, 6) is -0.0735. The normalized spacial score (nSPS) is 11.0. The van der Waals surface area contributed by atoms with E-state index in [4.69, 9.17) is 16.3 Å². The Morgan fingerprint density at radius 1 is 1.16 bits per heavy atom. The summed E-state index contributed by atoms with van der Waals surface area (Å²) in [6.07, 6.45) is 1.10. The van der Waals surface area contributed by atoms with Crippen LogP contribution in [0.15, 0.2) is 47.4 Å². The minimum Gasteiger partial charge on any atom is -0.493 e. The molecule has 6 nitrogen and oxygen atoms in total. The number of methoxy groups -OCH3 is 1. The third kappa shape index (κ3) is 5.11. The van der Waals surface area contributed by atoms with Crippen molar-refractivity contribution in [2.24, 2.45) is 0 Å². The number of hydrogen-bond acceptors (Lipinski definition) is 5. The van der Waals surface area contributed by atoms with E-state index in [1.807, 2.05) is 18.2 Å². The largest absolute Gasteiger partial charge is 0.493 e. The van der Waals surface area contributed by atoms with Gasteiger partial charge in [0.25, 0.3) is 0 Å². The Bertz CT molecular complexity index is 869. The van der Waals surface area contributed by atoms with Gasteiger partial charge in [-0.2, -0.15) is 0 Å². The molecule has 0 unspecified atom stereocenters. The van der Waals surface area contributed by atoms with Crippen LogP contribution >= 0.6 is 11.6 Å². The third-order valence-electron chi connectivity index (χ3n) is 3.46. The summed E-state index contributed by atoms with van der Waals surface area (Å²) in [7, 11) is -2.06. The number of carbonyl (C=O) groups is 1. The third-order valence-corrected chi connectivity index (χ3v) is 4.94. The molecule has 2 rings (SSSR count). The maximum atomic E-state index is 12.0. The molecular weight excluding hydrogens is 364 g/mol. The molecule has 2 aromatic carbocycles. The summed E-state index contributed by atoms with van der Waals surface area (Å²) in [5, 5.41) is 6.22. The van der Waals surface area contributed by atoms with Crippen molar-refractivity contribution < 1.29 is 17.9 Å². The minimum atomic E-state index is -3.44. The summed E-state index contributed by atoms with van der Waals surface area (Å²) >= 11 is 6.04. The molecule has 8 heteroatoms. The summed E-state index contributed by atoms with van der Waals surface area (Å²) in [4.78, 5) is 12.1. The molecule has 0 spiro atoms. The fraction of sp³-hybridized carbons (Fsp3) is 0.235. The number of benzene rings is 2. The Hall–Kier alpha value is -2.25. The van der Waals surface area contributed by atoms with Crippen molar-refractivity contribution in [3.63, 3.8) is 0 Å². The molecule has 0 aliphatic heterocycles. The number of nitrogens with one attached hydrogen (secondary N) is 2. The first-order chi connectivity index (χ1) is 11.8. The number of amides is 1. The number of hydrogen-bond donors (Lipinski definition) is 2. The number of anilines is 1. The summed E-state index contributed by atoms with van der Waals surface area (Å²) in [6.45, 7) is 0.273. The highest BCUT2D eigenvalue weighted by molar-refractivity contribution is 7.90. The number of sulfone groups is 1. The molecule has 0 aliphatic rings. The lowest BCUT2D eigenvalue weighted by Crippen LogP contribution is -2.29. The predicted octanol–water partition coefficient (Wildman–Crippen LogP) is 2.48. The topological polar surface area (TPSA) is 84.5 Å². The second-order valence-electron chi connectivity index (χ2n) is 5.33. The zero-order chi connectivity index (χ0) is 18.4. The van der Waals surface area contributed by atoms with Crippen molar-refractivity contribution in [1.82, 2.24) is 5.32 Å². The smallest absolute Gasteiger partial charge is 0.239 e. The molecule has 2 N–H and O–H groups in total. The maximum absolute atomic E-state index is 12.0. The van der Waals surface area contributed by atoms with Crippen molar-refractivity contribution in [2.45, 2.75) is 11.4 Å². The quantitative estimate of drug-likeness (QED) is 0.768. The molecular formula is C17H19ClN2O4S. The van der Waals surface area contributed by atoms with Gasteiger partial charge in [0, 0.05) is 17.8 Å². The Morgan fingerprint density at radius 2 is 1.88 bits per heavy atom. The van der Waals surface area contributed by atoms with Crippen molar-refractivity contribution in [3.8, 4) is 5.75 Å². The van der Waals surface area contributed by atoms with Crippen LogP contribution in [0.1, 0.15) is 5.56 Å². The number of para-hydroxylation sites is 1. The van der Waals surface area contributed by atoms with Gasteiger partial charge in [-0.1, -0.05) is 35.9 Å². The monoisotopic (exact) mass is 382 g/mol. The highest BCUT2D eigenvalue weighted by atomic mass is 35.5. The van der Waals surface area contributed by atoms with Gasteiger partial charge >= 0.3 is 0 Å². The predicted molar refractivity (Wildman–Crippen MR) is 97.9 cm³/mol. The highest BCUT2D eigenvalue weighted by Gasteiger charge is 2.17. The van der Waals surface area contributed by atoms with Crippen LogP contribution in [0.5, 0.6) is 5.75 Å². The van der Waals surface area contributed by atoms with Gasteiger partial charge in [-0.05, 0) is 23.8 Å². The Kier molecular flexibility index (Phi) is 6.27. The van der Waals surface area contributed by atoms with Crippen LogP contribution in [0.4, 0.5) is 5.69 Å². The standard InChI is InChI=1S/C17H19ClN2O4S/c1-24-17-14(8-5-9-15(17)25(2,22)23)19-11-16(21)20-10-12-6-3-4-7-13(12)18/h3-9,19H,10-11H2,1-2H3,(H,20,21). The van der Waals surface area contributed by atoms with E-state index < -0.39 is 9.84 Å². The summed E-state index contributed by atoms with van der Waals surface area (Å²) < 4.78 is 28.8. The molecule has 25 heavy (non-hydrogen) atoms. The molecule has 134 valence electrons. The fourth-order valence-electron chi connectivity index (χ4n) is 2.23. The Balaban J connectivity index is 2.01. The van der Waals surface area contributed by atoms with Gasteiger partial charge in [0.15, 0.2) is 15.6 Å². The highest BCUT2D eigenvalue weighted by Crippen LogP contribution is 2.31. The molecule has 1 amide bonds. The zero-order valence-electron chi connectivity index (χ0n) is 13.9. The van der Waals surface area contributed by atoms with Crippen molar-refractivity contribution in [3.05, 3.63) is 53.1 Å². The zero-order valence-corrected chi connectivity index (χ0v) is 15.4. The molecule has 0 saturated heterocycles. The molecule has 0 aromatic heterocycles. The van der Waals surface area contributed by atoms with Crippen LogP contribution in [0.2, 0.25) is 5.02 Å². The van der Waals surface area contributed by atoms with Crippen molar-refractivity contribution in [2.75, 3.05) is 25.2 Å². The SMILES string of the molecule is COc1c(NCC(=O)NCc2ccccc2Cl)cccc1S(C)(=O)=O. The molecule has 0 radical (unpaired) electrons. The first-order valence-electron chi connectivity index (χ1n) is 7.44. The van der Waals surface area contributed by atoms with E-state index in [9.17, 15) is 13.2 Å². The van der Waals surface area contributed by atoms with E-state index >= 15 is 0 Å². The van der Waals surface area contributed by atoms with E-state index in [0.29, 0.717) is 17.3 Å². The lowest BCUT2D eigenvalue weighted by molar-refractivity contribution is -0.119. The molecule has 0 aliphatic carbocycles. The summed E-state index contributed by atoms with van der Waals surface area (Å²) in [6, 6.07) is 11.9. The van der Waals surface area contributed by atoms with E-state index in [2.05, 4.69) is 10.6 Å². The molecule has 0 heterocycles. The average Bonchev–Trinajstić information content (AvgIpc) is 2.58. The van der Waals surface area contributed by atoms with Crippen LogP contribution in [-0.4, -0.2) is 34.2 Å². The molecule has 0 bridgehead atoms. The Morgan fingerprint density at radius 3 is 2.52 bits per heavy atom. The van der Waals surface area contributed by atoms with Gasteiger partial charge in [0.1, 0.15) is 4.90 Å². The minimum absolute atomic E-state index is 0.0337. The van der Waals surface area contributed by atoms with E-state index in [-0.39, 0.29) is 23.1 Å². The van der Waals surface area contributed by atoms with Crippen LogP contribution < -0.4 is 15.4 Å². The van der Waals surface area contributed by atoms with Crippen molar-refractivity contribution in [1.29, 1.82) is 0 Å². The number of rotatable bonds is 7. The first kappa shape index (κ1) is 19.1. The summed E-state index contributed by atoms with van der Waals surface area (Å²) in [5.41, 5.74) is 1.24. The van der Waals surface area contributed by atoms with Crippen LogP contribution in [-0.2, 0) is 21.2 Å². The average molecular weight is 383 g/mol. The Labute approximate surface area is 152 Å². The van der Waals surface area contributed by atoms with Gasteiger partial charge in [-0.25, -0.2) is 8.42 Å². The van der Waals surface area contributed by atoms with Crippen LogP contribution in [0.25, 0.3) is 0 Å².